The lowest BCUT2D eigenvalue weighted by molar-refractivity contribution is 0.517. The van der Waals surface area contributed by atoms with E-state index < -0.39 is 17.7 Å². The molecule has 0 aromatic heterocycles. The summed E-state index contributed by atoms with van der Waals surface area (Å²) in [6, 6.07) is 5.79. The SMILES string of the molecule is CNC(c1cc(C)c(C)cc1Cl)c1c(F)ccc(C)c1F. The summed E-state index contributed by atoms with van der Waals surface area (Å²) in [5, 5.41) is 3.46. The van der Waals surface area contributed by atoms with Gasteiger partial charge in [0.1, 0.15) is 11.6 Å². The van der Waals surface area contributed by atoms with Crippen molar-refractivity contribution in [2.45, 2.75) is 26.8 Å². The predicted molar refractivity (Wildman–Crippen MR) is 82.9 cm³/mol. The van der Waals surface area contributed by atoms with Crippen molar-refractivity contribution < 1.29 is 8.78 Å². The molecule has 0 saturated carbocycles. The summed E-state index contributed by atoms with van der Waals surface area (Å²) in [4.78, 5) is 0. The number of aryl methyl sites for hydroxylation is 3. The summed E-state index contributed by atoms with van der Waals surface area (Å²) in [5.74, 6) is -1.12. The van der Waals surface area contributed by atoms with Gasteiger partial charge < -0.3 is 5.32 Å². The van der Waals surface area contributed by atoms with Crippen LogP contribution in [0, 0.1) is 32.4 Å². The van der Waals surface area contributed by atoms with Crippen LogP contribution >= 0.6 is 11.6 Å². The molecule has 2 rings (SSSR count). The zero-order chi connectivity index (χ0) is 15.7. The number of nitrogens with one attached hydrogen (secondary N) is 1. The third kappa shape index (κ3) is 2.94. The zero-order valence-electron chi connectivity index (χ0n) is 12.5. The molecule has 21 heavy (non-hydrogen) atoms. The molecule has 1 nitrogen and oxygen atoms in total. The van der Waals surface area contributed by atoms with Crippen LogP contribution in [0.25, 0.3) is 0 Å². The second-order valence-electron chi connectivity index (χ2n) is 5.27. The van der Waals surface area contributed by atoms with Crippen molar-refractivity contribution in [1.29, 1.82) is 0 Å². The standard InChI is InChI=1S/C17H18ClF2N/c1-9-5-6-14(19)15(16(9)20)17(21-4)12-7-10(2)11(3)8-13(12)18/h5-8,17,21H,1-4H3. The number of rotatable bonds is 3. The highest BCUT2D eigenvalue weighted by molar-refractivity contribution is 6.31. The van der Waals surface area contributed by atoms with Gasteiger partial charge in [0.05, 0.1) is 6.04 Å². The molecule has 1 N–H and O–H groups in total. The van der Waals surface area contributed by atoms with Crippen LogP contribution in [0.5, 0.6) is 0 Å². The molecule has 112 valence electrons. The monoisotopic (exact) mass is 309 g/mol. The van der Waals surface area contributed by atoms with Crippen molar-refractivity contribution in [2.75, 3.05) is 7.05 Å². The van der Waals surface area contributed by atoms with Gasteiger partial charge in [-0.2, -0.15) is 0 Å². The van der Waals surface area contributed by atoms with Gasteiger partial charge in [0.2, 0.25) is 0 Å². The molecule has 0 heterocycles. The predicted octanol–water partition coefficient (Wildman–Crippen LogP) is 4.85. The molecule has 1 atom stereocenters. The molecule has 0 radical (unpaired) electrons. The van der Waals surface area contributed by atoms with Crippen molar-refractivity contribution in [1.82, 2.24) is 5.32 Å². The fraction of sp³-hybridized carbons (Fsp3) is 0.294. The van der Waals surface area contributed by atoms with Crippen LogP contribution in [-0.4, -0.2) is 7.05 Å². The van der Waals surface area contributed by atoms with E-state index in [1.54, 1.807) is 14.0 Å². The first kappa shape index (κ1) is 15.9. The maximum Gasteiger partial charge on any atom is 0.134 e. The molecule has 0 aliphatic rings. The summed E-state index contributed by atoms with van der Waals surface area (Å²) in [5.41, 5.74) is 3.16. The molecule has 0 bridgehead atoms. The van der Waals surface area contributed by atoms with Crippen molar-refractivity contribution in [3.63, 3.8) is 0 Å². The molecule has 4 heteroatoms. The molecule has 0 saturated heterocycles. The smallest absolute Gasteiger partial charge is 0.134 e. The molecule has 0 aliphatic heterocycles. The van der Waals surface area contributed by atoms with Gasteiger partial charge in [-0.05, 0) is 62.2 Å². The molecule has 0 amide bonds. The molecular formula is C17H18ClF2N. The molecule has 1 unspecified atom stereocenters. The fourth-order valence-corrected chi connectivity index (χ4v) is 2.75. The number of hydrogen-bond acceptors (Lipinski definition) is 1. The summed E-state index contributed by atoms with van der Waals surface area (Å²) in [6.45, 7) is 5.52. The van der Waals surface area contributed by atoms with Crippen LogP contribution in [0.15, 0.2) is 24.3 Å². The third-order valence-corrected chi connectivity index (χ3v) is 4.15. The minimum Gasteiger partial charge on any atom is -0.309 e. The Bertz CT molecular complexity index is 683. The Morgan fingerprint density at radius 1 is 1.00 bits per heavy atom. The van der Waals surface area contributed by atoms with Crippen LogP contribution in [0.2, 0.25) is 5.02 Å². The summed E-state index contributed by atoms with van der Waals surface area (Å²) in [6.07, 6.45) is 0. The van der Waals surface area contributed by atoms with Crippen molar-refractivity contribution in [3.8, 4) is 0 Å². The van der Waals surface area contributed by atoms with E-state index >= 15 is 0 Å². The Balaban J connectivity index is 2.66. The van der Waals surface area contributed by atoms with Crippen LogP contribution in [0.1, 0.15) is 33.9 Å². The fourth-order valence-electron chi connectivity index (χ4n) is 2.42. The molecule has 0 spiro atoms. The average molecular weight is 310 g/mol. The number of halogens is 3. The largest absolute Gasteiger partial charge is 0.309 e. The normalized spacial score (nSPS) is 12.5. The van der Waals surface area contributed by atoms with Gasteiger partial charge in [0, 0.05) is 10.6 Å². The molecular weight excluding hydrogens is 292 g/mol. The summed E-state index contributed by atoms with van der Waals surface area (Å²) >= 11 is 6.28. The molecule has 2 aromatic carbocycles. The molecule has 0 fully saturated rings. The van der Waals surface area contributed by atoms with E-state index in [9.17, 15) is 8.78 Å². The maximum absolute atomic E-state index is 14.4. The first-order chi connectivity index (χ1) is 9.86. The highest BCUT2D eigenvalue weighted by Crippen LogP contribution is 2.33. The lowest BCUT2D eigenvalue weighted by Crippen LogP contribution is -2.21. The van der Waals surface area contributed by atoms with E-state index in [0.29, 0.717) is 16.1 Å². The van der Waals surface area contributed by atoms with E-state index in [1.807, 2.05) is 26.0 Å². The topological polar surface area (TPSA) is 12.0 Å². The molecule has 0 aliphatic carbocycles. The average Bonchev–Trinajstić information content (AvgIpc) is 2.44. The van der Waals surface area contributed by atoms with Crippen LogP contribution < -0.4 is 5.32 Å². The van der Waals surface area contributed by atoms with Crippen molar-refractivity contribution >= 4 is 11.6 Å². The van der Waals surface area contributed by atoms with E-state index in [1.165, 1.54) is 12.1 Å². The lowest BCUT2D eigenvalue weighted by Gasteiger charge is -2.21. The van der Waals surface area contributed by atoms with Crippen LogP contribution in [-0.2, 0) is 0 Å². The number of benzene rings is 2. The highest BCUT2D eigenvalue weighted by atomic mass is 35.5. The number of hydrogen-bond donors (Lipinski definition) is 1. The zero-order valence-corrected chi connectivity index (χ0v) is 13.3. The van der Waals surface area contributed by atoms with E-state index in [0.717, 1.165) is 11.1 Å². The first-order valence-electron chi connectivity index (χ1n) is 6.75. The Kier molecular flexibility index (Phi) is 4.64. The van der Waals surface area contributed by atoms with Crippen molar-refractivity contribution in [2.24, 2.45) is 0 Å². The van der Waals surface area contributed by atoms with Crippen LogP contribution in [0.4, 0.5) is 8.78 Å². The second kappa shape index (κ2) is 6.12. The Hall–Kier alpha value is -1.45. The summed E-state index contributed by atoms with van der Waals surface area (Å²) in [7, 11) is 1.66. The van der Waals surface area contributed by atoms with Crippen LogP contribution in [0.3, 0.4) is 0 Å². The second-order valence-corrected chi connectivity index (χ2v) is 5.68. The minimum atomic E-state index is -0.628. The Morgan fingerprint density at radius 3 is 2.24 bits per heavy atom. The van der Waals surface area contributed by atoms with Gasteiger partial charge in [-0.3, -0.25) is 0 Å². The highest BCUT2D eigenvalue weighted by Gasteiger charge is 2.24. The van der Waals surface area contributed by atoms with E-state index in [-0.39, 0.29) is 5.56 Å². The van der Waals surface area contributed by atoms with Gasteiger partial charge in [0.15, 0.2) is 0 Å². The maximum atomic E-state index is 14.4. The molecule has 2 aromatic rings. The van der Waals surface area contributed by atoms with Gasteiger partial charge in [-0.15, -0.1) is 0 Å². The van der Waals surface area contributed by atoms with Crippen molar-refractivity contribution in [3.05, 3.63) is 68.7 Å². The van der Waals surface area contributed by atoms with Gasteiger partial charge in [-0.1, -0.05) is 23.7 Å². The Labute approximate surface area is 128 Å². The van der Waals surface area contributed by atoms with Gasteiger partial charge in [-0.25, -0.2) is 8.78 Å². The van der Waals surface area contributed by atoms with Gasteiger partial charge in [0.25, 0.3) is 0 Å². The quantitative estimate of drug-likeness (QED) is 0.854. The minimum absolute atomic E-state index is 0.00246. The third-order valence-electron chi connectivity index (χ3n) is 3.82. The Morgan fingerprint density at radius 2 is 1.62 bits per heavy atom. The van der Waals surface area contributed by atoms with E-state index in [2.05, 4.69) is 5.32 Å². The van der Waals surface area contributed by atoms with Gasteiger partial charge >= 0.3 is 0 Å². The lowest BCUT2D eigenvalue weighted by atomic mass is 9.93. The van der Waals surface area contributed by atoms with E-state index in [4.69, 9.17) is 11.6 Å². The first-order valence-corrected chi connectivity index (χ1v) is 7.13. The summed E-state index contributed by atoms with van der Waals surface area (Å²) < 4.78 is 28.5.